The summed E-state index contributed by atoms with van der Waals surface area (Å²) in [6, 6.07) is 0. The molecule has 8 atom stereocenters. The quantitative estimate of drug-likeness (QED) is 0.148. The van der Waals surface area contributed by atoms with Gasteiger partial charge in [-0.05, 0) is 6.42 Å². The van der Waals surface area contributed by atoms with Gasteiger partial charge in [0.25, 0.3) is 11.1 Å². The van der Waals surface area contributed by atoms with Crippen LogP contribution in [0.25, 0.3) is 22.1 Å². The van der Waals surface area contributed by atoms with Gasteiger partial charge in [0.05, 0.1) is 25.4 Å². The summed E-state index contributed by atoms with van der Waals surface area (Å²) in [5.41, 5.74) is -1.20. The normalized spacial score (nSPS) is 30.2. The van der Waals surface area contributed by atoms with Gasteiger partial charge in [-0.1, -0.05) is 6.92 Å². The third kappa shape index (κ3) is 4.50. The Morgan fingerprint density at radius 2 is 1.23 bits per heavy atom. The molecule has 17 heteroatoms. The molecule has 0 radical (unpaired) electrons. The number of aliphatic hydroxyl groups excluding tert-OH is 5. The SMILES string of the molecule is CC[C@H]1O[C@@H](n2cc(F)c3c(=O)[nH]cnc32)[C@@H](O)C1O.O=c1[nH]cnc2c1c(F)cn2[C@@H]1O[C@H](CO)C(O)[C@@H]1O. The molecule has 7 N–H and O–H groups in total. The molecule has 2 saturated heterocycles. The summed E-state index contributed by atoms with van der Waals surface area (Å²) < 4.78 is 40.8. The second-order valence-corrected chi connectivity index (χ2v) is 9.31. The minimum Gasteiger partial charge on any atom is -0.394 e. The van der Waals surface area contributed by atoms with Crippen LogP contribution in [0.4, 0.5) is 8.78 Å². The molecule has 0 spiro atoms. The minimum atomic E-state index is -1.37. The molecular weight excluding hydrogens is 542 g/mol. The first-order valence-electron chi connectivity index (χ1n) is 12.2. The summed E-state index contributed by atoms with van der Waals surface area (Å²) in [5.74, 6) is -1.56. The van der Waals surface area contributed by atoms with Crippen molar-refractivity contribution in [1.82, 2.24) is 29.1 Å². The second-order valence-electron chi connectivity index (χ2n) is 9.31. The van der Waals surface area contributed by atoms with E-state index in [1.54, 1.807) is 6.92 Å². The van der Waals surface area contributed by atoms with Crippen LogP contribution < -0.4 is 11.1 Å². The van der Waals surface area contributed by atoms with Crippen molar-refractivity contribution in [3.05, 3.63) is 57.4 Å². The van der Waals surface area contributed by atoms with Gasteiger partial charge in [0.2, 0.25) is 0 Å². The molecule has 6 heterocycles. The number of aromatic nitrogens is 6. The van der Waals surface area contributed by atoms with E-state index in [9.17, 15) is 38.8 Å². The number of nitrogens with zero attached hydrogens (tertiary/aromatic N) is 4. The summed E-state index contributed by atoms with van der Waals surface area (Å²) in [6.07, 6.45) is -3.84. The van der Waals surface area contributed by atoms with Gasteiger partial charge >= 0.3 is 0 Å². The number of halogens is 2. The van der Waals surface area contributed by atoms with Gasteiger partial charge < -0.3 is 54.1 Å². The van der Waals surface area contributed by atoms with Crippen molar-refractivity contribution < 1.29 is 43.8 Å². The van der Waals surface area contributed by atoms with E-state index in [4.69, 9.17) is 14.6 Å². The Bertz CT molecular complexity index is 1520. The Kier molecular flexibility index (Phi) is 7.53. The van der Waals surface area contributed by atoms with Gasteiger partial charge in [-0.15, -0.1) is 0 Å². The van der Waals surface area contributed by atoms with Crippen molar-refractivity contribution in [2.45, 2.75) is 62.4 Å². The van der Waals surface area contributed by atoms with E-state index < -0.39 is 78.4 Å². The molecule has 40 heavy (non-hydrogen) atoms. The second kappa shape index (κ2) is 10.8. The molecule has 0 amide bonds. The fourth-order valence-corrected chi connectivity index (χ4v) is 4.89. The first kappa shape index (κ1) is 28.0. The smallest absolute Gasteiger partial charge is 0.263 e. The molecular formula is C23H26F2N6O9. The molecule has 4 aromatic heterocycles. The monoisotopic (exact) mass is 568 g/mol. The third-order valence-electron chi connectivity index (χ3n) is 6.94. The van der Waals surface area contributed by atoms with Crippen LogP contribution in [0.2, 0.25) is 0 Å². The highest BCUT2D eigenvalue weighted by Crippen LogP contribution is 2.34. The predicted molar refractivity (Wildman–Crippen MR) is 130 cm³/mol. The lowest BCUT2D eigenvalue weighted by molar-refractivity contribution is -0.0510. The molecule has 0 aliphatic carbocycles. The fourth-order valence-electron chi connectivity index (χ4n) is 4.89. The Morgan fingerprint density at radius 1 is 0.800 bits per heavy atom. The van der Waals surface area contributed by atoms with E-state index >= 15 is 0 Å². The summed E-state index contributed by atoms with van der Waals surface area (Å²) >= 11 is 0. The van der Waals surface area contributed by atoms with Crippen LogP contribution >= 0.6 is 0 Å². The number of hydrogen-bond donors (Lipinski definition) is 7. The highest BCUT2D eigenvalue weighted by molar-refractivity contribution is 5.76. The Balaban J connectivity index is 0.000000161. The van der Waals surface area contributed by atoms with E-state index in [0.717, 1.165) is 29.6 Å². The van der Waals surface area contributed by atoms with Crippen LogP contribution in [-0.2, 0) is 9.47 Å². The predicted octanol–water partition coefficient (Wildman–Crippen LogP) is -1.63. The summed E-state index contributed by atoms with van der Waals surface area (Å²) in [6.45, 7) is 1.31. The number of nitrogens with one attached hydrogen (secondary N) is 2. The highest BCUT2D eigenvalue weighted by Gasteiger charge is 2.45. The number of rotatable bonds is 4. The van der Waals surface area contributed by atoms with Crippen LogP contribution in [0, 0.1) is 11.6 Å². The molecule has 2 fully saturated rings. The summed E-state index contributed by atoms with van der Waals surface area (Å²) in [5, 5.41) is 48.0. The van der Waals surface area contributed by atoms with Crippen molar-refractivity contribution in [3.8, 4) is 0 Å². The van der Waals surface area contributed by atoms with E-state index in [1.165, 1.54) is 4.57 Å². The first-order valence-corrected chi connectivity index (χ1v) is 12.2. The van der Waals surface area contributed by atoms with E-state index in [2.05, 4.69) is 19.9 Å². The van der Waals surface area contributed by atoms with Crippen LogP contribution in [0.1, 0.15) is 25.8 Å². The molecule has 0 bridgehead atoms. The first-order chi connectivity index (χ1) is 19.1. The molecule has 2 aliphatic heterocycles. The van der Waals surface area contributed by atoms with Crippen LogP contribution in [0.5, 0.6) is 0 Å². The van der Waals surface area contributed by atoms with Crippen molar-refractivity contribution in [3.63, 3.8) is 0 Å². The maximum Gasteiger partial charge on any atom is 0.263 e. The Labute approximate surface area is 221 Å². The van der Waals surface area contributed by atoms with Crippen molar-refractivity contribution in [2.75, 3.05) is 6.61 Å². The van der Waals surface area contributed by atoms with Crippen LogP contribution in [0.3, 0.4) is 0 Å². The van der Waals surface area contributed by atoms with Crippen LogP contribution in [0.15, 0.2) is 34.6 Å². The zero-order valence-electron chi connectivity index (χ0n) is 20.8. The number of ether oxygens (including phenoxy) is 2. The number of fused-ring (bicyclic) bond motifs is 2. The molecule has 4 aromatic rings. The average molecular weight is 568 g/mol. The topological polar surface area (TPSA) is 221 Å². The molecule has 0 saturated carbocycles. The lowest BCUT2D eigenvalue weighted by Crippen LogP contribution is -2.33. The lowest BCUT2D eigenvalue weighted by atomic mass is 10.1. The Hall–Kier alpha value is -3.58. The Morgan fingerprint density at radius 3 is 1.60 bits per heavy atom. The molecule has 2 aliphatic rings. The standard InChI is InChI=1S/C12H14FN3O4.C11H12FN3O5/c1-2-6-8(17)9(18)12(20-6)16-3-5(13)7-10(16)14-4-15-11(7)19;12-4-1-15(9-6(4)10(19)14-3-13-9)11-8(18)7(17)5(2-16)20-11/h3-4,6,8-9,12,17-18H,2H2,1H3,(H,14,15,19);1,3,5,7-8,11,16-18H,2H2,(H,13,14,19)/t6-,8?,9+,12-;5-,7?,8+,11-/m11/s1. The molecule has 216 valence electrons. The van der Waals surface area contributed by atoms with Crippen molar-refractivity contribution in [2.24, 2.45) is 0 Å². The van der Waals surface area contributed by atoms with Gasteiger partial charge in [0.15, 0.2) is 35.4 Å². The zero-order valence-corrected chi connectivity index (χ0v) is 20.8. The van der Waals surface area contributed by atoms with Gasteiger partial charge in [0, 0.05) is 12.4 Å². The van der Waals surface area contributed by atoms with E-state index in [0.29, 0.717) is 6.42 Å². The molecule has 2 unspecified atom stereocenters. The van der Waals surface area contributed by atoms with Crippen molar-refractivity contribution in [1.29, 1.82) is 0 Å². The fraction of sp³-hybridized carbons (Fsp3) is 0.478. The summed E-state index contributed by atoms with van der Waals surface area (Å²) in [4.78, 5) is 35.4. The molecule has 6 rings (SSSR count). The summed E-state index contributed by atoms with van der Waals surface area (Å²) in [7, 11) is 0. The molecule has 15 nitrogen and oxygen atoms in total. The zero-order chi connectivity index (χ0) is 28.9. The number of aromatic amines is 2. The van der Waals surface area contributed by atoms with Gasteiger partial charge in [-0.2, -0.15) is 0 Å². The maximum absolute atomic E-state index is 13.8. The molecule has 0 aromatic carbocycles. The number of H-pyrrole nitrogens is 2. The largest absolute Gasteiger partial charge is 0.394 e. The highest BCUT2D eigenvalue weighted by atomic mass is 19.1. The van der Waals surface area contributed by atoms with Gasteiger partial charge in [-0.25, -0.2) is 18.7 Å². The van der Waals surface area contributed by atoms with Crippen LogP contribution in [-0.4, -0.2) is 97.8 Å². The van der Waals surface area contributed by atoms with Gasteiger partial charge in [0.1, 0.15) is 41.3 Å². The maximum atomic E-state index is 13.8. The minimum absolute atomic E-state index is 0.0129. The van der Waals surface area contributed by atoms with E-state index in [1.807, 2.05) is 0 Å². The number of aliphatic hydroxyl groups is 5. The third-order valence-corrected chi connectivity index (χ3v) is 6.94. The van der Waals surface area contributed by atoms with E-state index in [-0.39, 0.29) is 22.1 Å². The number of hydrogen-bond acceptors (Lipinski definition) is 11. The van der Waals surface area contributed by atoms with Gasteiger partial charge in [-0.3, -0.25) is 9.59 Å². The lowest BCUT2D eigenvalue weighted by Gasteiger charge is -2.16. The van der Waals surface area contributed by atoms with Crippen molar-refractivity contribution >= 4 is 22.1 Å². The average Bonchev–Trinajstić information content (AvgIpc) is 3.63.